The van der Waals surface area contributed by atoms with Crippen LogP contribution in [0.5, 0.6) is 11.5 Å². The average Bonchev–Trinajstić information content (AvgIpc) is 2.42. The number of hydrogen-bond donors (Lipinski definition) is 1. The Bertz CT molecular complexity index is 448. The number of carbonyl (C=O) groups excluding carboxylic acids is 1. The van der Waals surface area contributed by atoms with E-state index in [2.05, 4.69) is 5.32 Å². The summed E-state index contributed by atoms with van der Waals surface area (Å²) in [7, 11) is 0. The highest BCUT2D eigenvalue weighted by Crippen LogP contribution is 2.30. The third-order valence-corrected chi connectivity index (χ3v) is 3.09. The Kier molecular flexibility index (Phi) is 4.91. The molecular formula is C14H18ClNO3. The summed E-state index contributed by atoms with van der Waals surface area (Å²) in [6.07, 6.45) is 1.77. The number of hydrogen-bond acceptors (Lipinski definition) is 3. The summed E-state index contributed by atoms with van der Waals surface area (Å²) in [6, 6.07) is 5.23. The van der Waals surface area contributed by atoms with E-state index >= 15 is 0 Å². The van der Waals surface area contributed by atoms with E-state index < -0.39 is 0 Å². The van der Waals surface area contributed by atoms with Crippen molar-refractivity contribution in [2.24, 2.45) is 0 Å². The fraction of sp³-hybridized carbons (Fsp3) is 0.500. The Balaban J connectivity index is 1.88. The van der Waals surface area contributed by atoms with E-state index in [1.807, 2.05) is 6.92 Å². The van der Waals surface area contributed by atoms with Crippen LogP contribution in [0.15, 0.2) is 18.2 Å². The lowest BCUT2D eigenvalue weighted by Crippen LogP contribution is -2.25. The van der Waals surface area contributed by atoms with Gasteiger partial charge in [-0.15, -0.1) is 11.6 Å². The molecule has 5 heteroatoms. The second kappa shape index (κ2) is 6.66. The molecule has 1 unspecified atom stereocenters. The summed E-state index contributed by atoms with van der Waals surface area (Å²) in [5.74, 6) is 1.23. The van der Waals surface area contributed by atoms with E-state index in [1.165, 1.54) is 0 Å². The molecule has 1 aromatic carbocycles. The van der Waals surface area contributed by atoms with Crippen LogP contribution in [0.2, 0.25) is 0 Å². The van der Waals surface area contributed by atoms with Gasteiger partial charge in [-0.3, -0.25) is 4.79 Å². The number of carbonyl (C=O) groups is 1. The smallest absolute Gasteiger partial charge is 0.251 e. The molecule has 1 N–H and O–H groups in total. The molecular weight excluding hydrogens is 266 g/mol. The van der Waals surface area contributed by atoms with E-state index in [9.17, 15) is 4.79 Å². The topological polar surface area (TPSA) is 47.6 Å². The fourth-order valence-corrected chi connectivity index (χ4v) is 2.03. The van der Waals surface area contributed by atoms with Crippen molar-refractivity contribution in [2.75, 3.05) is 19.8 Å². The van der Waals surface area contributed by atoms with Crippen LogP contribution in [0, 0.1) is 0 Å². The molecule has 0 aliphatic carbocycles. The number of nitrogens with one attached hydrogen (secondary N) is 1. The molecule has 1 atom stereocenters. The van der Waals surface area contributed by atoms with Gasteiger partial charge in [-0.2, -0.15) is 0 Å². The van der Waals surface area contributed by atoms with Gasteiger partial charge in [0.25, 0.3) is 5.91 Å². The molecule has 2 rings (SSSR count). The van der Waals surface area contributed by atoms with Crippen LogP contribution in [0.3, 0.4) is 0 Å². The van der Waals surface area contributed by atoms with Crippen LogP contribution in [0.25, 0.3) is 0 Å². The van der Waals surface area contributed by atoms with Crippen molar-refractivity contribution in [1.29, 1.82) is 0 Å². The van der Waals surface area contributed by atoms with Gasteiger partial charge in [0.1, 0.15) is 13.2 Å². The number of alkyl halides is 1. The summed E-state index contributed by atoms with van der Waals surface area (Å²) in [6.45, 7) is 3.65. The highest BCUT2D eigenvalue weighted by Gasteiger charge is 2.14. The van der Waals surface area contributed by atoms with E-state index in [-0.39, 0.29) is 11.3 Å². The van der Waals surface area contributed by atoms with Crippen LogP contribution >= 0.6 is 11.6 Å². The summed E-state index contributed by atoms with van der Waals surface area (Å²) in [5.41, 5.74) is 0.586. The van der Waals surface area contributed by atoms with Crippen LogP contribution in [-0.4, -0.2) is 31.0 Å². The van der Waals surface area contributed by atoms with Gasteiger partial charge in [0.15, 0.2) is 11.5 Å². The molecule has 1 heterocycles. The first kappa shape index (κ1) is 14.0. The average molecular weight is 284 g/mol. The normalized spacial score (nSPS) is 14.8. The lowest BCUT2D eigenvalue weighted by molar-refractivity contribution is 0.0951. The van der Waals surface area contributed by atoms with Gasteiger partial charge >= 0.3 is 0 Å². The van der Waals surface area contributed by atoms with Gasteiger partial charge in [0.05, 0.1) is 0 Å². The number of fused-ring (bicyclic) bond motifs is 1. The highest BCUT2D eigenvalue weighted by molar-refractivity contribution is 6.20. The molecule has 1 amide bonds. The molecule has 0 spiro atoms. The predicted molar refractivity (Wildman–Crippen MR) is 74.3 cm³/mol. The molecule has 0 radical (unpaired) electrons. The summed E-state index contributed by atoms with van der Waals surface area (Å²) in [5, 5.41) is 3.01. The Morgan fingerprint density at radius 1 is 1.37 bits per heavy atom. The van der Waals surface area contributed by atoms with Crippen molar-refractivity contribution in [1.82, 2.24) is 5.32 Å². The molecule has 0 aromatic heterocycles. The first-order valence-corrected chi connectivity index (χ1v) is 6.92. The zero-order valence-electron chi connectivity index (χ0n) is 10.9. The maximum absolute atomic E-state index is 11.9. The quantitative estimate of drug-likeness (QED) is 0.667. The maximum Gasteiger partial charge on any atom is 0.251 e. The molecule has 0 saturated carbocycles. The monoisotopic (exact) mass is 283 g/mol. The van der Waals surface area contributed by atoms with Crippen LogP contribution in [0.4, 0.5) is 0 Å². The number of benzene rings is 1. The number of rotatable bonds is 5. The number of halogens is 1. The minimum atomic E-state index is -0.0980. The Morgan fingerprint density at radius 3 is 2.84 bits per heavy atom. The molecule has 0 saturated heterocycles. The van der Waals surface area contributed by atoms with Crippen LogP contribution in [0.1, 0.15) is 30.1 Å². The number of ether oxygens (including phenoxy) is 2. The Morgan fingerprint density at radius 2 is 2.11 bits per heavy atom. The van der Waals surface area contributed by atoms with Crippen molar-refractivity contribution in [3.63, 3.8) is 0 Å². The largest absolute Gasteiger partial charge is 0.486 e. The van der Waals surface area contributed by atoms with E-state index in [1.54, 1.807) is 18.2 Å². The van der Waals surface area contributed by atoms with Gasteiger partial charge in [-0.25, -0.2) is 0 Å². The van der Waals surface area contributed by atoms with Crippen molar-refractivity contribution in [3.8, 4) is 11.5 Å². The zero-order chi connectivity index (χ0) is 13.7. The zero-order valence-corrected chi connectivity index (χ0v) is 11.7. The van der Waals surface area contributed by atoms with Crippen LogP contribution < -0.4 is 14.8 Å². The van der Waals surface area contributed by atoms with Gasteiger partial charge in [-0.1, -0.05) is 0 Å². The van der Waals surface area contributed by atoms with E-state index in [0.717, 1.165) is 12.8 Å². The predicted octanol–water partition coefficient (Wildman–Crippen LogP) is 2.60. The molecule has 104 valence electrons. The summed E-state index contributed by atoms with van der Waals surface area (Å²) in [4.78, 5) is 11.9. The second-order valence-corrected chi connectivity index (χ2v) is 5.28. The molecule has 4 nitrogen and oxygen atoms in total. The third-order valence-electron chi connectivity index (χ3n) is 2.87. The van der Waals surface area contributed by atoms with Crippen molar-refractivity contribution >= 4 is 17.5 Å². The Labute approximate surface area is 118 Å². The molecule has 19 heavy (non-hydrogen) atoms. The highest BCUT2D eigenvalue weighted by atomic mass is 35.5. The molecule has 1 aliphatic heterocycles. The van der Waals surface area contributed by atoms with E-state index in [0.29, 0.717) is 36.8 Å². The minimum Gasteiger partial charge on any atom is -0.486 e. The number of amides is 1. The van der Waals surface area contributed by atoms with Crippen molar-refractivity contribution < 1.29 is 14.3 Å². The van der Waals surface area contributed by atoms with E-state index in [4.69, 9.17) is 21.1 Å². The summed E-state index contributed by atoms with van der Waals surface area (Å²) >= 11 is 5.85. The van der Waals surface area contributed by atoms with Gasteiger partial charge < -0.3 is 14.8 Å². The van der Waals surface area contributed by atoms with Crippen LogP contribution in [-0.2, 0) is 0 Å². The lowest BCUT2D eigenvalue weighted by Gasteiger charge is -2.18. The van der Waals surface area contributed by atoms with Gasteiger partial charge in [0.2, 0.25) is 0 Å². The lowest BCUT2D eigenvalue weighted by atomic mass is 10.1. The van der Waals surface area contributed by atoms with Gasteiger partial charge in [0, 0.05) is 17.5 Å². The van der Waals surface area contributed by atoms with Crippen molar-refractivity contribution in [2.45, 2.75) is 25.1 Å². The first-order valence-electron chi connectivity index (χ1n) is 6.49. The Hall–Kier alpha value is -1.42. The SMILES string of the molecule is CC(Cl)CCCNC(=O)c1ccc2c(c1)OCCO2. The third kappa shape index (κ3) is 4.03. The van der Waals surface area contributed by atoms with Crippen molar-refractivity contribution in [3.05, 3.63) is 23.8 Å². The molecule has 1 aromatic rings. The maximum atomic E-state index is 11.9. The minimum absolute atomic E-state index is 0.0980. The first-order chi connectivity index (χ1) is 9.16. The molecule has 0 fully saturated rings. The molecule has 1 aliphatic rings. The summed E-state index contributed by atoms with van der Waals surface area (Å²) < 4.78 is 10.9. The molecule has 0 bridgehead atoms. The van der Waals surface area contributed by atoms with Gasteiger partial charge in [-0.05, 0) is 38.0 Å². The fourth-order valence-electron chi connectivity index (χ4n) is 1.87. The second-order valence-electron chi connectivity index (χ2n) is 4.54. The standard InChI is InChI=1S/C14H18ClNO3/c1-10(15)3-2-6-16-14(17)11-4-5-12-13(9-11)19-8-7-18-12/h4-5,9-10H,2-3,6-8H2,1H3,(H,16,17).